The zero-order valence-electron chi connectivity index (χ0n) is 11.7. The van der Waals surface area contributed by atoms with Crippen LogP contribution in [0.2, 0.25) is 0 Å². The number of Topliss-reactive ketones (excluding diaryl/α,β-unsaturated/α-hetero) is 1. The van der Waals surface area contributed by atoms with E-state index in [4.69, 9.17) is 0 Å². The van der Waals surface area contributed by atoms with Gasteiger partial charge in [0.1, 0.15) is 0 Å². The summed E-state index contributed by atoms with van der Waals surface area (Å²) in [5.74, 6) is -0.981. The van der Waals surface area contributed by atoms with E-state index in [1.54, 1.807) is 0 Å². The molecule has 2 N–H and O–H groups in total. The Balaban J connectivity index is 1.72. The van der Waals surface area contributed by atoms with E-state index in [-0.39, 0.29) is 18.0 Å². The van der Waals surface area contributed by atoms with Gasteiger partial charge in [0.2, 0.25) is 0 Å². The normalized spacial score (nSPS) is 16.6. The zero-order valence-corrected chi connectivity index (χ0v) is 11.7. The Morgan fingerprint density at radius 2 is 2.10 bits per heavy atom. The van der Waals surface area contributed by atoms with Crippen molar-refractivity contribution in [3.8, 4) is 0 Å². The highest BCUT2D eigenvalue weighted by molar-refractivity contribution is 5.97. The van der Waals surface area contributed by atoms with Gasteiger partial charge in [-0.05, 0) is 24.5 Å². The van der Waals surface area contributed by atoms with Gasteiger partial charge in [-0.25, -0.2) is 4.98 Å². The molecule has 0 spiro atoms. The molecule has 21 heavy (non-hydrogen) atoms. The quantitative estimate of drug-likeness (QED) is 0.799. The van der Waals surface area contributed by atoms with Crippen LogP contribution in [0.5, 0.6) is 0 Å². The van der Waals surface area contributed by atoms with Gasteiger partial charge >= 0.3 is 5.97 Å². The van der Waals surface area contributed by atoms with E-state index >= 15 is 0 Å². The maximum atomic E-state index is 12.3. The molecule has 1 fully saturated rings. The number of aliphatic carboxylic acids is 1. The number of nitrogens with one attached hydrogen (secondary N) is 1. The molecule has 0 radical (unpaired) electrons. The molecular weight excluding hydrogens is 268 g/mol. The van der Waals surface area contributed by atoms with Crippen molar-refractivity contribution in [1.29, 1.82) is 0 Å². The van der Waals surface area contributed by atoms with Crippen LogP contribution in [0.25, 0.3) is 11.0 Å². The van der Waals surface area contributed by atoms with Crippen molar-refractivity contribution >= 4 is 22.8 Å². The summed E-state index contributed by atoms with van der Waals surface area (Å²) in [5, 5.41) is 9.29. The lowest BCUT2D eigenvalue weighted by molar-refractivity contribution is -0.142. The largest absolute Gasteiger partial charge is 0.481 e. The number of ketones is 1. The Hall–Kier alpha value is -2.17. The van der Waals surface area contributed by atoms with E-state index in [9.17, 15) is 14.7 Å². The first-order valence-electron chi connectivity index (χ1n) is 7.34. The van der Waals surface area contributed by atoms with E-state index < -0.39 is 11.9 Å². The summed E-state index contributed by atoms with van der Waals surface area (Å²) in [6.07, 6.45) is 3.96. The summed E-state index contributed by atoms with van der Waals surface area (Å²) < 4.78 is 0. The van der Waals surface area contributed by atoms with Gasteiger partial charge in [0, 0.05) is 6.42 Å². The number of carboxylic acids is 1. The number of rotatable bonds is 6. The van der Waals surface area contributed by atoms with Gasteiger partial charge in [0.15, 0.2) is 11.6 Å². The lowest BCUT2D eigenvalue weighted by Crippen LogP contribution is -2.24. The molecule has 2 aromatic rings. The molecule has 0 amide bonds. The van der Waals surface area contributed by atoms with Crippen LogP contribution in [-0.4, -0.2) is 26.8 Å². The average Bonchev–Trinajstić information content (AvgIpc) is 2.84. The molecule has 1 aromatic heterocycles. The summed E-state index contributed by atoms with van der Waals surface area (Å²) >= 11 is 0. The van der Waals surface area contributed by atoms with Crippen molar-refractivity contribution in [2.45, 2.75) is 32.1 Å². The molecule has 5 heteroatoms. The molecule has 0 bridgehead atoms. The monoisotopic (exact) mass is 286 g/mol. The van der Waals surface area contributed by atoms with Crippen LogP contribution in [0, 0.1) is 11.8 Å². The molecule has 1 aliphatic carbocycles. The van der Waals surface area contributed by atoms with Crippen LogP contribution in [0.15, 0.2) is 24.3 Å². The summed E-state index contributed by atoms with van der Waals surface area (Å²) in [6, 6.07) is 7.40. The first kappa shape index (κ1) is 13.8. The van der Waals surface area contributed by atoms with Crippen LogP contribution >= 0.6 is 0 Å². The zero-order chi connectivity index (χ0) is 14.8. The molecule has 5 nitrogen and oxygen atoms in total. The van der Waals surface area contributed by atoms with Gasteiger partial charge in [-0.3, -0.25) is 9.59 Å². The van der Waals surface area contributed by atoms with E-state index in [1.807, 2.05) is 24.3 Å². The first-order valence-corrected chi connectivity index (χ1v) is 7.34. The third kappa shape index (κ3) is 2.96. The average molecular weight is 286 g/mol. The Labute approximate surface area is 122 Å². The lowest BCUT2D eigenvalue weighted by atomic mass is 9.78. The summed E-state index contributed by atoms with van der Waals surface area (Å²) in [5.41, 5.74) is 1.53. The minimum atomic E-state index is -0.883. The Morgan fingerprint density at radius 3 is 2.71 bits per heavy atom. The molecule has 0 aliphatic heterocycles. The lowest BCUT2D eigenvalue weighted by Gasteiger charge is -2.27. The maximum absolute atomic E-state index is 12.3. The molecule has 0 saturated heterocycles. The smallest absolute Gasteiger partial charge is 0.306 e. The van der Waals surface area contributed by atoms with Crippen LogP contribution < -0.4 is 0 Å². The Bertz CT molecular complexity index is 640. The molecular formula is C16H18N2O3. The second-order valence-corrected chi connectivity index (χ2v) is 5.80. The van der Waals surface area contributed by atoms with Gasteiger partial charge in [0.05, 0.1) is 17.0 Å². The minimum Gasteiger partial charge on any atom is -0.481 e. The number of benzene rings is 1. The number of para-hydroxylation sites is 2. The second kappa shape index (κ2) is 5.68. The molecule has 1 saturated carbocycles. The number of aromatic amines is 1. The number of carboxylic acid groups (broad SMARTS) is 1. The van der Waals surface area contributed by atoms with Crippen LogP contribution in [0.1, 0.15) is 42.7 Å². The van der Waals surface area contributed by atoms with Crippen molar-refractivity contribution in [1.82, 2.24) is 9.97 Å². The number of fused-ring (bicyclic) bond motifs is 1. The molecule has 1 atom stereocenters. The second-order valence-electron chi connectivity index (χ2n) is 5.80. The fourth-order valence-electron chi connectivity index (χ4n) is 2.81. The third-order valence-corrected chi connectivity index (χ3v) is 4.28. The van der Waals surface area contributed by atoms with Crippen molar-refractivity contribution in [3.05, 3.63) is 30.1 Å². The molecule has 110 valence electrons. The van der Waals surface area contributed by atoms with Crippen molar-refractivity contribution in [3.63, 3.8) is 0 Å². The van der Waals surface area contributed by atoms with Crippen molar-refractivity contribution in [2.24, 2.45) is 11.8 Å². The van der Waals surface area contributed by atoms with Gasteiger partial charge in [-0.2, -0.15) is 0 Å². The third-order valence-electron chi connectivity index (χ3n) is 4.28. The molecule has 1 aromatic carbocycles. The number of carbonyl (C=O) groups is 2. The van der Waals surface area contributed by atoms with E-state index in [0.717, 1.165) is 23.9 Å². The molecule has 3 rings (SSSR count). The number of hydrogen-bond donors (Lipinski definition) is 2. The summed E-state index contributed by atoms with van der Waals surface area (Å²) in [7, 11) is 0. The summed E-state index contributed by atoms with van der Waals surface area (Å²) in [4.78, 5) is 30.8. The predicted molar refractivity (Wildman–Crippen MR) is 78.1 cm³/mol. The first-order chi connectivity index (χ1) is 10.1. The van der Waals surface area contributed by atoms with Gasteiger partial charge in [-0.15, -0.1) is 0 Å². The number of carbonyl (C=O) groups excluding carboxylic acids is 1. The predicted octanol–water partition coefficient (Wildman–Crippen LogP) is 3.03. The Morgan fingerprint density at radius 1 is 1.33 bits per heavy atom. The highest BCUT2D eigenvalue weighted by Crippen LogP contribution is 2.33. The number of imidazole rings is 1. The molecule has 1 aliphatic rings. The van der Waals surface area contributed by atoms with Gasteiger partial charge in [0.25, 0.3) is 0 Å². The van der Waals surface area contributed by atoms with Crippen LogP contribution in [0.4, 0.5) is 0 Å². The topological polar surface area (TPSA) is 83.1 Å². The van der Waals surface area contributed by atoms with E-state index in [1.165, 1.54) is 6.42 Å². The fourth-order valence-corrected chi connectivity index (χ4v) is 2.81. The fraction of sp³-hybridized carbons (Fsp3) is 0.438. The van der Waals surface area contributed by atoms with Gasteiger partial charge < -0.3 is 10.1 Å². The number of nitrogens with zero attached hydrogens (tertiary/aromatic N) is 1. The highest BCUT2D eigenvalue weighted by atomic mass is 16.4. The van der Waals surface area contributed by atoms with E-state index in [2.05, 4.69) is 9.97 Å². The maximum Gasteiger partial charge on any atom is 0.306 e. The van der Waals surface area contributed by atoms with E-state index in [0.29, 0.717) is 12.3 Å². The minimum absolute atomic E-state index is 0.0195. The number of H-pyrrole nitrogens is 1. The standard InChI is InChI=1S/C16H18N2O3/c19-14(9-11(16(20)21)8-10-4-3-5-10)15-17-12-6-1-2-7-13(12)18-15/h1-2,6-7,10-11H,3-5,8-9H2,(H,17,18)(H,20,21)/t11-/m1/s1. The Kier molecular flexibility index (Phi) is 3.73. The number of aromatic nitrogens is 2. The van der Waals surface area contributed by atoms with Crippen molar-refractivity contribution in [2.75, 3.05) is 0 Å². The number of hydrogen-bond acceptors (Lipinski definition) is 3. The van der Waals surface area contributed by atoms with Crippen molar-refractivity contribution < 1.29 is 14.7 Å². The van der Waals surface area contributed by atoms with Crippen LogP contribution in [0.3, 0.4) is 0 Å². The van der Waals surface area contributed by atoms with Gasteiger partial charge in [-0.1, -0.05) is 31.4 Å². The molecule has 1 heterocycles. The SMILES string of the molecule is O=C(C[C@@H](CC1CCC1)C(=O)O)c1nc2ccccc2[nH]1. The highest BCUT2D eigenvalue weighted by Gasteiger charge is 2.29. The molecule has 0 unspecified atom stereocenters. The summed E-state index contributed by atoms with van der Waals surface area (Å²) in [6.45, 7) is 0. The van der Waals surface area contributed by atoms with Crippen LogP contribution in [-0.2, 0) is 4.79 Å².